The van der Waals surface area contributed by atoms with Crippen molar-refractivity contribution in [2.75, 3.05) is 31.1 Å². The summed E-state index contributed by atoms with van der Waals surface area (Å²) in [5.41, 5.74) is 3.08. The van der Waals surface area contributed by atoms with Crippen LogP contribution in [0.5, 0.6) is 0 Å². The molecule has 0 N–H and O–H groups in total. The Labute approximate surface area is 179 Å². The molecule has 8 heteroatoms. The quantitative estimate of drug-likeness (QED) is 0.627. The fourth-order valence-corrected chi connectivity index (χ4v) is 4.01. The van der Waals surface area contributed by atoms with Crippen LogP contribution in [0.3, 0.4) is 0 Å². The van der Waals surface area contributed by atoms with Crippen molar-refractivity contribution < 1.29 is 4.79 Å². The van der Waals surface area contributed by atoms with E-state index in [9.17, 15) is 4.79 Å². The SMILES string of the molecule is Cc1cc(C)n(-c2ccc(Cl)c(C(=O)N3CCN(c4ccccc4Cl)CC3)n2)n1. The second-order valence-electron chi connectivity index (χ2n) is 7.07. The van der Waals surface area contributed by atoms with E-state index in [1.807, 2.05) is 44.2 Å². The van der Waals surface area contributed by atoms with Gasteiger partial charge in [-0.1, -0.05) is 35.3 Å². The monoisotopic (exact) mass is 429 g/mol. The van der Waals surface area contributed by atoms with Gasteiger partial charge in [0.25, 0.3) is 5.91 Å². The molecule has 150 valence electrons. The molecule has 0 saturated carbocycles. The Morgan fingerprint density at radius 3 is 2.34 bits per heavy atom. The normalized spacial score (nSPS) is 14.3. The van der Waals surface area contributed by atoms with Crippen molar-refractivity contribution >= 4 is 34.8 Å². The number of hydrogen-bond donors (Lipinski definition) is 0. The summed E-state index contributed by atoms with van der Waals surface area (Å²) in [7, 11) is 0. The zero-order valence-corrected chi connectivity index (χ0v) is 17.8. The summed E-state index contributed by atoms with van der Waals surface area (Å²) in [6.07, 6.45) is 0. The Kier molecular flexibility index (Phi) is 5.48. The number of aromatic nitrogens is 3. The summed E-state index contributed by atoms with van der Waals surface area (Å²) in [5, 5.41) is 5.50. The standard InChI is InChI=1S/C21H21Cl2N5O/c1-14-13-15(2)28(25-14)19-8-7-17(23)20(24-19)21(29)27-11-9-26(10-12-27)18-6-4-3-5-16(18)22/h3-8,13H,9-12H2,1-2H3. The van der Waals surface area contributed by atoms with Gasteiger partial charge in [-0.25, -0.2) is 9.67 Å². The van der Waals surface area contributed by atoms with Crippen LogP contribution in [-0.4, -0.2) is 51.8 Å². The second kappa shape index (κ2) is 8.05. The van der Waals surface area contributed by atoms with Gasteiger partial charge in [0, 0.05) is 31.9 Å². The van der Waals surface area contributed by atoms with Crippen LogP contribution >= 0.6 is 23.2 Å². The highest BCUT2D eigenvalue weighted by atomic mass is 35.5. The van der Waals surface area contributed by atoms with Gasteiger partial charge in [-0.05, 0) is 44.2 Å². The molecule has 0 spiro atoms. The number of rotatable bonds is 3. The van der Waals surface area contributed by atoms with Crippen LogP contribution in [-0.2, 0) is 0 Å². The van der Waals surface area contributed by atoms with Crippen molar-refractivity contribution in [3.05, 3.63) is 69.6 Å². The minimum Gasteiger partial charge on any atom is -0.367 e. The molecule has 1 fully saturated rings. The number of carbonyl (C=O) groups excluding carboxylic acids is 1. The maximum absolute atomic E-state index is 13.1. The Morgan fingerprint density at radius 1 is 0.966 bits per heavy atom. The number of hydrogen-bond acceptors (Lipinski definition) is 4. The molecule has 1 aliphatic rings. The summed E-state index contributed by atoms with van der Waals surface area (Å²) in [4.78, 5) is 21.6. The van der Waals surface area contributed by atoms with E-state index < -0.39 is 0 Å². The molecule has 0 bridgehead atoms. The van der Waals surface area contributed by atoms with E-state index in [-0.39, 0.29) is 11.6 Å². The third-order valence-electron chi connectivity index (χ3n) is 5.02. The molecule has 0 aliphatic carbocycles. The van der Waals surface area contributed by atoms with Crippen molar-refractivity contribution in [3.8, 4) is 5.82 Å². The average Bonchev–Trinajstić information content (AvgIpc) is 3.06. The van der Waals surface area contributed by atoms with Crippen LogP contribution in [0.4, 0.5) is 5.69 Å². The zero-order valence-electron chi connectivity index (χ0n) is 16.3. The molecule has 1 aliphatic heterocycles. The maximum Gasteiger partial charge on any atom is 0.274 e. The van der Waals surface area contributed by atoms with Gasteiger partial charge in [-0.3, -0.25) is 4.79 Å². The van der Waals surface area contributed by atoms with Crippen molar-refractivity contribution in [2.45, 2.75) is 13.8 Å². The number of pyridine rings is 1. The lowest BCUT2D eigenvalue weighted by Crippen LogP contribution is -2.49. The van der Waals surface area contributed by atoms with Gasteiger partial charge in [0.2, 0.25) is 0 Å². The minimum atomic E-state index is -0.169. The first-order valence-electron chi connectivity index (χ1n) is 9.43. The van der Waals surface area contributed by atoms with Gasteiger partial charge in [-0.2, -0.15) is 5.10 Å². The van der Waals surface area contributed by atoms with Gasteiger partial charge in [0.05, 0.1) is 21.4 Å². The highest BCUT2D eigenvalue weighted by molar-refractivity contribution is 6.33. The van der Waals surface area contributed by atoms with Crippen LogP contribution in [0.2, 0.25) is 10.0 Å². The molecule has 1 saturated heterocycles. The number of amides is 1. The van der Waals surface area contributed by atoms with Crippen molar-refractivity contribution in [2.24, 2.45) is 0 Å². The first-order chi connectivity index (χ1) is 13.9. The van der Waals surface area contributed by atoms with Gasteiger partial charge in [0.15, 0.2) is 5.82 Å². The molecule has 3 aromatic rings. The molecule has 0 radical (unpaired) electrons. The summed E-state index contributed by atoms with van der Waals surface area (Å²) >= 11 is 12.6. The molecule has 0 unspecified atom stereocenters. The second-order valence-corrected chi connectivity index (χ2v) is 7.88. The van der Waals surface area contributed by atoms with Crippen LogP contribution in [0, 0.1) is 13.8 Å². The fraction of sp³-hybridized carbons (Fsp3) is 0.286. The first-order valence-corrected chi connectivity index (χ1v) is 10.2. The minimum absolute atomic E-state index is 0.169. The van der Waals surface area contributed by atoms with Crippen LogP contribution in [0.1, 0.15) is 21.9 Å². The maximum atomic E-state index is 13.1. The van der Waals surface area contributed by atoms with E-state index in [0.717, 1.165) is 22.1 Å². The molecule has 0 atom stereocenters. The summed E-state index contributed by atoms with van der Waals surface area (Å²) in [6.45, 7) is 6.42. The van der Waals surface area contributed by atoms with E-state index in [1.165, 1.54) is 0 Å². The number of piperazine rings is 1. The van der Waals surface area contributed by atoms with Crippen molar-refractivity contribution in [1.82, 2.24) is 19.7 Å². The molecule has 6 nitrogen and oxygen atoms in total. The van der Waals surface area contributed by atoms with Gasteiger partial charge >= 0.3 is 0 Å². The number of para-hydroxylation sites is 1. The van der Waals surface area contributed by atoms with Crippen molar-refractivity contribution in [1.29, 1.82) is 0 Å². The number of aryl methyl sites for hydroxylation is 2. The van der Waals surface area contributed by atoms with E-state index in [4.69, 9.17) is 23.2 Å². The first kappa shape index (κ1) is 19.7. The number of anilines is 1. The molecule has 3 heterocycles. The fourth-order valence-electron chi connectivity index (χ4n) is 3.57. The molecule has 1 amide bonds. The Bertz CT molecular complexity index is 1060. The van der Waals surface area contributed by atoms with E-state index in [1.54, 1.807) is 21.7 Å². The molecular formula is C21H21Cl2N5O. The Balaban J connectivity index is 1.52. The lowest BCUT2D eigenvalue weighted by molar-refractivity contribution is 0.0741. The van der Waals surface area contributed by atoms with E-state index in [2.05, 4.69) is 15.0 Å². The third kappa shape index (κ3) is 3.95. The highest BCUT2D eigenvalue weighted by Gasteiger charge is 2.26. The van der Waals surface area contributed by atoms with Gasteiger partial charge < -0.3 is 9.80 Å². The lowest BCUT2D eigenvalue weighted by atomic mass is 10.2. The number of nitrogens with zero attached hydrogens (tertiary/aromatic N) is 5. The number of halogens is 2. The summed E-state index contributed by atoms with van der Waals surface area (Å²) in [6, 6.07) is 13.2. The molecule has 4 rings (SSSR count). The Hall–Kier alpha value is -2.57. The predicted octanol–water partition coefficient (Wildman–Crippen LogP) is 4.15. The van der Waals surface area contributed by atoms with E-state index >= 15 is 0 Å². The van der Waals surface area contributed by atoms with Gasteiger partial charge in [-0.15, -0.1) is 0 Å². The Morgan fingerprint density at radius 2 is 1.69 bits per heavy atom. The van der Waals surface area contributed by atoms with Crippen LogP contribution < -0.4 is 4.90 Å². The predicted molar refractivity (Wildman–Crippen MR) is 115 cm³/mol. The zero-order chi connectivity index (χ0) is 20.5. The summed E-state index contributed by atoms with van der Waals surface area (Å²) < 4.78 is 1.72. The van der Waals surface area contributed by atoms with E-state index in [0.29, 0.717) is 37.0 Å². The topological polar surface area (TPSA) is 54.3 Å². The lowest BCUT2D eigenvalue weighted by Gasteiger charge is -2.36. The largest absolute Gasteiger partial charge is 0.367 e. The van der Waals surface area contributed by atoms with Crippen LogP contribution in [0.15, 0.2) is 42.5 Å². The third-order valence-corrected chi connectivity index (χ3v) is 5.65. The number of carbonyl (C=O) groups is 1. The summed E-state index contributed by atoms with van der Waals surface area (Å²) in [5.74, 6) is 0.412. The molecule has 29 heavy (non-hydrogen) atoms. The van der Waals surface area contributed by atoms with Gasteiger partial charge in [0.1, 0.15) is 5.69 Å². The number of benzene rings is 1. The smallest absolute Gasteiger partial charge is 0.274 e. The molecule has 1 aromatic carbocycles. The van der Waals surface area contributed by atoms with Crippen molar-refractivity contribution in [3.63, 3.8) is 0 Å². The molecular weight excluding hydrogens is 409 g/mol. The average molecular weight is 430 g/mol. The highest BCUT2D eigenvalue weighted by Crippen LogP contribution is 2.27. The van der Waals surface area contributed by atoms with Crippen LogP contribution in [0.25, 0.3) is 5.82 Å². The molecule has 2 aromatic heterocycles.